The van der Waals surface area contributed by atoms with Gasteiger partial charge in [-0.1, -0.05) is 12.1 Å². The number of nitrogens with one attached hydrogen (secondary N) is 1. The van der Waals surface area contributed by atoms with E-state index in [4.69, 9.17) is 5.26 Å². The van der Waals surface area contributed by atoms with Crippen molar-refractivity contribution >= 4 is 5.69 Å². The second kappa shape index (κ2) is 5.62. The third-order valence-corrected chi connectivity index (χ3v) is 3.51. The normalized spacial score (nSPS) is 10.2. The Labute approximate surface area is 114 Å². The Balaban J connectivity index is 2.18. The highest BCUT2D eigenvalue weighted by Gasteiger charge is 2.08. The quantitative estimate of drug-likeness (QED) is 0.904. The maximum atomic E-state index is 9.06. The van der Waals surface area contributed by atoms with Gasteiger partial charge in [-0.15, -0.1) is 0 Å². The molecule has 0 amide bonds. The number of benzene rings is 1. The maximum absolute atomic E-state index is 9.06. The van der Waals surface area contributed by atoms with E-state index < -0.39 is 0 Å². The van der Waals surface area contributed by atoms with Gasteiger partial charge in [0.2, 0.25) is 0 Å². The van der Waals surface area contributed by atoms with Crippen LogP contribution in [0.1, 0.15) is 29.4 Å². The van der Waals surface area contributed by atoms with Crippen molar-refractivity contribution in [3.05, 3.63) is 52.8 Å². The molecule has 0 unspecified atom stereocenters. The summed E-state index contributed by atoms with van der Waals surface area (Å²) in [6, 6.07) is 12.0. The summed E-state index contributed by atoms with van der Waals surface area (Å²) in [5.74, 6) is 0. The number of aryl methyl sites for hydroxylation is 1. The fourth-order valence-corrected chi connectivity index (χ4v) is 2.46. The summed E-state index contributed by atoms with van der Waals surface area (Å²) in [6.45, 7) is 8.17. The third-order valence-electron chi connectivity index (χ3n) is 3.51. The zero-order valence-corrected chi connectivity index (χ0v) is 11.7. The van der Waals surface area contributed by atoms with Crippen molar-refractivity contribution < 1.29 is 0 Å². The molecule has 0 spiro atoms. The molecule has 1 aromatic carbocycles. The van der Waals surface area contributed by atoms with E-state index in [2.05, 4.69) is 42.8 Å². The van der Waals surface area contributed by atoms with Crippen molar-refractivity contribution in [1.82, 2.24) is 4.57 Å². The van der Waals surface area contributed by atoms with Crippen molar-refractivity contribution in [2.24, 2.45) is 0 Å². The first kappa shape index (κ1) is 13.2. The van der Waals surface area contributed by atoms with Crippen molar-refractivity contribution in [3.63, 3.8) is 0 Å². The zero-order chi connectivity index (χ0) is 13.8. The Kier molecular flexibility index (Phi) is 3.91. The SMILES string of the molecule is CCn1c(C)cc(CNc2ccccc2C#N)c1C. The molecule has 2 rings (SSSR count). The summed E-state index contributed by atoms with van der Waals surface area (Å²) in [4.78, 5) is 0. The van der Waals surface area contributed by atoms with Crippen LogP contribution in [0.15, 0.2) is 30.3 Å². The fourth-order valence-electron chi connectivity index (χ4n) is 2.46. The third kappa shape index (κ3) is 2.63. The maximum Gasteiger partial charge on any atom is 0.101 e. The van der Waals surface area contributed by atoms with Crippen LogP contribution in [-0.2, 0) is 13.1 Å². The molecule has 0 aliphatic heterocycles. The minimum Gasteiger partial charge on any atom is -0.380 e. The first-order chi connectivity index (χ1) is 9.17. The van der Waals surface area contributed by atoms with Gasteiger partial charge < -0.3 is 9.88 Å². The molecule has 3 nitrogen and oxygen atoms in total. The summed E-state index contributed by atoms with van der Waals surface area (Å²) >= 11 is 0. The molecule has 1 heterocycles. The highest BCUT2D eigenvalue weighted by Crippen LogP contribution is 2.19. The van der Waals surface area contributed by atoms with Gasteiger partial charge in [-0.3, -0.25) is 0 Å². The molecule has 0 bridgehead atoms. The van der Waals surface area contributed by atoms with Gasteiger partial charge in [-0.05, 0) is 44.5 Å². The number of nitrogens with zero attached hydrogens (tertiary/aromatic N) is 2. The van der Waals surface area contributed by atoms with E-state index in [9.17, 15) is 0 Å². The van der Waals surface area contributed by atoms with Crippen molar-refractivity contribution in [2.45, 2.75) is 33.9 Å². The van der Waals surface area contributed by atoms with E-state index in [1.165, 1.54) is 17.0 Å². The fraction of sp³-hybridized carbons (Fsp3) is 0.312. The first-order valence-electron chi connectivity index (χ1n) is 6.56. The zero-order valence-electron chi connectivity index (χ0n) is 11.7. The highest BCUT2D eigenvalue weighted by molar-refractivity contribution is 5.57. The van der Waals surface area contributed by atoms with Crippen LogP contribution in [0, 0.1) is 25.2 Å². The van der Waals surface area contributed by atoms with Crippen LogP contribution in [0.3, 0.4) is 0 Å². The number of nitriles is 1. The number of hydrogen-bond acceptors (Lipinski definition) is 2. The molecule has 0 aliphatic carbocycles. The largest absolute Gasteiger partial charge is 0.380 e. The van der Waals surface area contributed by atoms with Gasteiger partial charge in [0.15, 0.2) is 0 Å². The monoisotopic (exact) mass is 253 g/mol. The molecule has 19 heavy (non-hydrogen) atoms. The van der Waals surface area contributed by atoms with Gasteiger partial charge in [0.05, 0.1) is 11.3 Å². The molecule has 0 saturated carbocycles. The average molecular weight is 253 g/mol. The molecule has 3 heteroatoms. The van der Waals surface area contributed by atoms with Crippen LogP contribution in [0.25, 0.3) is 0 Å². The molecule has 0 radical (unpaired) electrons. The molecule has 2 aromatic rings. The summed E-state index contributed by atoms with van der Waals surface area (Å²) < 4.78 is 2.30. The van der Waals surface area contributed by atoms with E-state index in [1.54, 1.807) is 0 Å². The summed E-state index contributed by atoms with van der Waals surface area (Å²) in [5.41, 5.74) is 5.44. The van der Waals surface area contributed by atoms with E-state index in [0.717, 1.165) is 18.8 Å². The van der Waals surface area contributed by atoms with Gasteiger partial charge in [-0.25, -0.2) is 0 Å². The molecular weight excluding hydrogens is 234 g/mol. The van der Waals surface area contributed by atoms with Gasteiger partial charge in [-0.2, -0.15) is 5.26 Å². The van der Waals surface area contributed by atoms with E-state index in [1.807, 2.05) is 24.3 Å². The van der Waals surface area contributed by atoms with Crippen LogP contribution in [0.4, 0.5) is 5.69 Å². The molecule has 0 aliphatic rings. The Morgan fingerprint density at radius 1 is 1.26 bits per heavy atom. The predicted molar refractivity (Wildman–Crippen MR) is 78.1 cm³/mol. The Morgan fingerprint density at radius 3 is 2.63 bits per heavy atom. The number of rotatable bonds is 4. The van der Waals surface area contributed by atoms with Crippen LogP contribution in [-0.4, -0.2) is 4.57 Å². The minimum absolute atomic E-state index is 0.687. The summed E-state index contributed by atoms with van der Waals surface area (Å²) in [5, 5.41) is 12.4. The molecule has 0 saturated heterocycles. The van der Waals surface area contributed by atoms with Crippen LogP contribution < -0.4 is 5.32 Å². The number of para-hydroxylation sites is 1. The Hall–Kier alpha value is -2.21. The highest BCUT2D eigenvalue weighted by atomic mass is 15.0. The lowest BCUT2D eigenvalue weighted by molar-refractivity contribution is 0.715. The summed E-state index contributed by atoms with van der Waals surface area (Å²) in [6.07, 6.45) is 0. The van der Waals surface area contributed by atoms with E-state index in [-0.39, 0.29) is 0 Å². The van der Waals surface area contributed by atoms with Gasteiger partial charge in [0.1, 0.15) is 6.07 Å². The molecule has 0 atom stereocenters. The van der Waals surface area contributed by atoms with Gasteiger partial charge >= 0.3 is 0 Å². The van der Waals surface area contributed by atoms with Gasteiger partial charge in [0.25, 0.3) is 0 Å². The lowest BCUT2D eigenvalue weighted by atomic mass is 10.2. The topological polar surface area (TPSA) is 40.8 Å². The lowest BCUT2D eigenvalue weighted by Crippen LogP contribution is -2.04. The number of aromatic nitrogens is 1. The van der Waals surface area contributed by atoms with Crippen LogP contribution in [0.5, 0.6) is 0 Å². The van der Waals surface area contributed by atoms with Crippen molar-refractivity contribution in [3.8, 4) is 6.07 Å². The minimum atomic E-state index is 0.687. The molecule has 0 fully saturated rings. The molecular formula is C16H19N3. The predicted octanol–water partition coefficient (Wildman–Crippen LogP) is 3.61. The molecule has 1 N–H and O–H groups in total. The molecule has 98 valence electrons. The van der Waals surface area contributed by atoms with E-state index in [0.29, 0.717) is 5.56 Å². The van der Waals surface area contributed by atoms with Crippen molar-refractivity contribution in [1.29, 1.82) is 5.26 Å². The second-order valence-electron chi connectivity index (χ2n) is 4.65. The second-order valence-corrected chi connectivity index (χ2v) is 4.65. The molecule has 1 aromatic heterocycles. The Morgan fingerprint density at radius 2 is 2.00 bits per heavy atom. The number of anilines is 1. The van der Waals surface area contributed by atoms with Gasteiger partial charge in [0, 0.05) is 24.5 Å². The Bertz CT molecular complexity index is 617. The lowest BCUT2D eigenvalue weighted by Gasteiger charge is -2.09. The van der Waals surface area contributed by atoms with Crippen LogP contribution >= 0.6 is 0 Å². The first-order valence-corrected chi connectivity index (χ1v) is 6.56. The van der Waals surface area contributed by atoms with Crippen molar-refractivity contribution in [2.75, 3.05) is 5.32 Å². The smallest absolute Gasteiger partial charge is 0.101 e. The summed E-state index contributed by atoms with van der Waals surface area (Å²) in [7, 11) is 0. The van der Waals surface area contributed by atoms with E-state index >= 15 is 0 Å². The van der Waals surface area contributed by atoms with Crippen LogP contribution in [0.2, 0.25) is 0 Å². The standard InChI is InChI=1S/C16H19N3/c1-4-19-12(2)9-15(13(19)3)11-18-16-8-6-5-7-14(16)10-17/h5-9,18H,4,11H2,1-3H3. The number of hydrogen-bond donors (Lipinski definition) is 1. The average Bonchev–Trinajstić information content (AvgIpc) is 2.71.